The monoisotopic (exact) mass is 548 g/mol. The number of halogens is 1. The van der Waals surface area contributed by atoms with E-state index < -0.39 is 0 Å². The highest BCUT2D eigenvalue weighted by Gasteiger charge is 2.26. The molecule has 5 rings (SSSR count). The fourth-order valence-electron chi connectivity index (χ4n) is 3.78. The van der Waals surface area contributed by atoms with Crippen LogP contribution in [0.5, 0.6) is 5.75 Å². The van der Waals surface area contributed by atoms with Gasteiger partial charge in [-0.1, -0.05) is 29.5 Å². The van der Waals surface area contributed by atoms with Gasteiger partial charge in [0.1, 0.15) is 24.8 Å². The number of hydrogen-bond donors (Lipinski definition) is 2. The minimum Gasteiger partial charge on any atom is -0.486 e. The van der Waals surface area contributed by atoms with Gasteiger partial charge in [0.15, 0.2) is 5.82 Å². The summed E-state index contributed by atoms with van der Waals surface area (Å²) in [6.45, 7) is 0.914. The summed E-state index contributed by atoms with van der Waals surface area (Å²) in [6.07, 6.45) is 3.35. The summed E-state index contributed by atoms with van der Waals surface area (Å²) in [4.78, 5) is 27.1. The van der Waals surface area contributed by atoms with Crippen LogP contribution in [-0.4, -0.2) is 58.7 Å². The van der Waals surface area contributed by atoms with Crippen molar-refractivity contribution in [2.45, 2.75) is 25.2 Å². The summed E-state index contributed by atoms with van der Waals surface area (Å²) in [7, 11) is 3.33. The summed E-state index contributed by atoms with van der Waals surface area (Å²) in [5.74, 6) is 7.70. The summed E-state index contributed by atoms with van der Waals surface area (Å²) < 4.78 is 12.1. The molecule has 1 saturated heterocycles. The molecule has 0 radical (unpaired) electrons. The van der Waals surface area contributed by atoms with Crippen molar-refractivity contribution in [3.8, 4) is 17.6 Å². The van der Waals surface area contributed by atoms with E-state index in [-0.39, 0.29) is 18.2 Å². The molecule has 1 aliphatic heterocycles. The molecule has 1 fully saturated rings. The van der Waals surface area contributed by atoms with Crippen molar-refractivity contribution in [3.63, 3.8) is 0 Å². The molecule has 3 aromatic heterocycles. The number of carbonyl (C=O) groups is 1. The van der Waals surface area contributed by atoms with Crippen molar-refractivity contribution < 1.29 is 14.3 Å². The van der Waals surface area contributed by atoms with Crippen LogP contribution in [0.25, 0.3) is 10.2 Å². The first-order chi connectivity index (χ1) is 18.4. The zero-order valence-electron chi connectivity index (χ0n) is 20.8. The molecule has 4 heterocycles. The summed E-state index contributed by atoms with van der Waals surface area (Å²) in [6, 6.07) is 13.1. The molecule has 194 valence electrons. The number of nitrogens with zero attached hydrogens (tertiary/aromatic N) is 4. The minimum absolute atomic E-state index is 0.0515. The van der Waals surface area contributed by atoms with Gasteiger partial charge in [-0.3, -0.25) is 10.3 Å². The van der Waals surface area contributed by atoms with Crippen molar-refractivity contribution in [1.82, 2.24) is 25.2 Å². The topological polar surface area (TPSA) is 102 Å². The lowest BCUT2D eigenvalue weighted by Crippen LogP contribution is -2.29. The normalized spacial score (nSPS) is 16.5. The summed E-state index contributed by atoms with van der Waals surface area (Å²) >= 11 is 7.98. The Hall–Kier alpha value is -3.91. The summed E-state index contributed by atoms with van der Waals surface area (Å²) in [5.41, 5.74) is 2.40. The maximum atomic E-state index is 11.8. The highest BCUT2D eigenvalue weighted by Crippen LogP contribution is 2.33. The number of nitrogens with one attached hydrogen (secondary N) is 2. The highest BCUT2D eigenvalue weighted by molar-refractivity contribution is 7.20. The van der Waals surface area contributed by atoms with Crippen LogP contribution >= 0.6 is 22.9 Å². The van der Waals surface area contributed by atoms with E-state index in [1.54, 1.807) is 26.4 Å². The number of fused-ring (bicyclic) bond motifs is 1. The molecule has 0 saturated carbocycles. The number of hydrogen-bond acceptors (Lipinski definition) is 9. The Labute approximate surface area is 229 Å². The van der Waals surface area contributed by atoms with Crippen LogP contribution in [0.1, 0.15) is 17.0 Å². The number of ether oxygens (including phenoxy) is 2. The summed E-state index contributed by atoms with van der Waals surface area (Å²) in [5, 5.41) is 7.10. The largest absolute Gasteiger partial charge is 0.486 e. The number of pyridine rings is 1. The molecule has 1 amide bonds. The molecule has 11 heteroatoms. The van der Waals surface area contributed by atoms with Crippen molar-refractivity contribution in [3.05, 3.63) is 70.6 Å². The van der Waals surface area contributed by atoms with Crippen molar-refractivity contribution in [2.75, 3.05) is 26.0 Å². The van der Waals surface area contributed by atoms with Crippen LogP contribution in [0, 0.1) is 11.8 Å². The Bertz CT molecular complexity index is 1500. The number of aromatic nitrogens is 3. The quantitative estimate of drug-likeness (QED) is 0.330. The van der Waals surface area contributed by atoms with Crippen LogP contribution in [-0.2, 0) is 11.3 Å². The molecule has 0 bridgehead atoms. The lowest BCUT2D eigenvalue weighted by Gasteiger charge is -2.15. The van der Waals surface area contributed by atoms with Gasteiger partial charge in [0.25, 0.3) is 0 Å². The zero-order chi connectivity index (χ0) is 26.5. The van der Waals surface area contributed by atoms with Gasteiger partial charge in [-0.05, 0) is 36.4 Å². The Morgan fingerprint density at radius 1 is 1.24 bits per heavy atom. The molecule has 0 spiro atoms. The Morgan fingerprint density at radius 3 is 2.92 bits per heavy atom. The number of thiophene rings is 1. The maximum Gasteiger partial charge on any atom is 0.409 e. The van der Waals surface area contributed by atoms with E-state index in [1.165, 1.54) is 22.6 Å². The van der Waals surface area contributed by atoms with Gasteiger partial charge in [0.2, 0.25) is 0 Å². The second-order valence-corrected chi connectivity index (χ2v) is 10.3. The minimum atomic E-state index is -0.346. The number of rotatable bonds is 6. The molecule has 0 unspecified atom stereocenters. The third kappa shape index (κ3) is 6.31. The number of carbonyl (C=O) groups excluding carboxylic acids is 1. The van der Waals surface area contributed by atoms with Gasteiger partial charge in [0.05, 0.1) is 31.9 Å². The lowest BCUT2D eigenvalue weighted by molar-refractivity contribution is 0.0826. The SMILES string of the molecule is CN(C)C(=O)O[C@H]1CN[C@@H](C#Cc2cc3ncnc(Nc4ccc(OCc5ccccn5)c(Cl)c4)c3s2)C1. The van der Waals surface area contributed by atoms with E-state index in [0.717, 1.165) is 26.5 Å². The Morgan fingerprint density at radius 2 is 2.13 bits per heavy atom. The van der Waals surface area contributed by atoms with Gasteiger partial charge in [-0.25, -0.2) is 14.8 Å². The second-order valence-electron chi connectivity index (χ2n) is 8.79. The molecular weight excluding hydrogens is 524 g/mol. The van der Waals surface area contributed by atoms with Crippen molar-refractivity contribution >= 4 is 50.8 Å². The van der Waals surface area contributed by atoms with Gasteiger partial charge in [-0.2, -0.15) is 0 Å². The molecule has 4 aromatic rings. The molecule has 2 atom stereocenters. The Kier molecular flexibility index (Phi) is 7.89. The number of anilines is 2. The van der Waals surface area contributed by atoms with Crippen molar-refractivity contribution in [1.29, 1.82) is 0 Å². The first kappa shape index (κ1) is 25.7. The van der Waals surface area contributed by atoms with E-state index in [2.05, 4.69) is 37.4 Å². The van der Waals surface area contributed by atoms with Gasteiger partial charge < -0.3 is 19.7 Å². The third-order valence-electron chi connectivity index (χ3n) is 5.70. The second kappa shape index (κ2) is 11.6. The zero-order valence-corrected chi connectivity index (χ0v) is 22.3. The highest BCUT2D eigenvalue weighted by atomic mass is 35.5. The van der Waals surface area contributed by atoms with Crippen LogP contribution < -0.4 is 15.4 Å². The molecular formula is C27H25ClN6O3S. The Balaban J connectivity index is 1.24. The average Bonchev–Trinajstić information content (AvgIpc) is 3.54. The van der Waals surface area contributed by atoms with E-state index in [9.17, 15) is 4.79 Å². The van der Waals surface area contributed by atoms with E-state index in [0.29, 0.717) is 36.2 Å². The van der Waals surface area contributed by atoms with Crippen LogP contribution in [0.2, 0.25) is 5.02 Å². The van der Waals surface area contributed by atoms with Crippen LogP contribution in [0.15, 0.2) is 55.0 Å². The first-order valence-electron chi connectivity index (χ1n) is 11.9. The van der Waals surface area contributed by atoms with Gasteiger partial charge in [0, 0.05) is 38.9 Å². The number of amides is 1. The standard InChI is InChI=1S/C27H25ClN6O3S/c1-34(2)27(35)37-20-11-17(30-14-20)6-8-21-13-23-25(38-21)26(32-16-31-23)33-18-7-9-24(22(28)12-18)36-15-19-5-3-4-10-29-19/h3-5,7,9-10,12-13,16-17,20,30H,11,14-15H2,1-2H3,(H,31,32,33)/t17-,20+/m0/s1. The molecule has 1 aromatic carbocycles. The smallest absolute Gasteiger partial charge is 0.409 e. The third-order valence-corrected chi connectivity index (χ3v) is 7.04. The van der Waals surface area contributed by atoms with Crippen molar-refractivity contribution in [2.24, 2.45) is 0 Å². The van der Waals surface area contributed by atoms with E-state index in [4.69, 9.17) is 21.1 Å². The molecule has 38 heavy (non-hydrogen) atoms. The fourth-order valence-corrected chi connectivity index (χ4v) is 4.93. The predicted octanol–water partition coefficient (Wildman–Crippen LogP) is 4.84. The molecule has 9 nitrogen and oxygen atoms in total. The average molecular weight is 549 g/mol. The predicted molar refractivity (Wildman–Crippen MR) is 148 cm³/mol. The van der Waals surface area contributed by atoms with Gasteiger partial charge in [-0.15, -0.1) is 11.3 Å². The molecule has 0 aliphatic carbocycles. The molecule has 2 N–H and O–H groups in total. The maximum absolute atomic E-state index is 11.8. The van der Waals surface area contributed by atoms with Crippen LogP contribution in [0.3, 0.4) is 0 Å². The van der Waals surface area contributed by atoms with E-state index >= 15 is 0 Å². The molecule has 1 aliphatic rings. The van der Waals surface area contributed by atoms with E-state index in [1.807, 2.05) is 36.4 Å². The lowest BCUT2D eigenvalue weighted by atomic mass is 10.2. The first-order valence-corrected chi connectivity index (χ1v) is 13.1. The fraction of sp³-hybridized carbons (Fsp3) is 0.259. The van der Waals surface area contributed by atoms with Gasteiger partial charge >= 0.3 is 6.09 Å². The van der Waals surface area contributed by atoms with Crippen LogP contribution in [0.4, 0.5) is 16.3 Å². The number of benzene rings is 1.